The molecule has 5 rings (SSSR count). The molecule has 0 aliphatic carbocycles. The topological polar surface area (TPSA) is 280 Å². The van der Waals surface area contributed by atoms with Crippen LogP contribution >= 0.6 is 19.0 Å². The fourth-order valence-electron chi connectivity index (χ4n) is 7.50. The van der Waals surface area contributed by atoms with Crippen molar-refractivity contribution >= 4 is 65.9 Å². The zero-order valence-electron chi connectivity index (χ0n) is 36.2. The minimum Gasteiger partial charge on any atom is -0.508 e. The summed E-state index contributed by atoms with van der Waals surface area (Å²) in [5.41, 5.74) is 14.8. The summed E-state index contributed by atoms with van der Waals surface area (Å²) in [6.07, 6.45) is 0.170. The molecule has 5 atom stereocenters. The number of benzene rings is 4. The Kier molecular flexibility index (Phi) is 17.8. The van der Waals surface area contributed by atoms with Crippen LogP contribution in [0.3, 0.4) is 0 Å². The van der Waals surface area contributed by atoms with Crippen LogP contribution in [0.4, 0.5) is 0 Å². The van der Waals surface area contributed by atoms with Gasteiger partial charge in [0, 0.05) is 55.7 Å². The molecule has 4 aromatic rings. The van der Waals surface area contributed by atoms with E-state index in [0.717, 1.165) is 17.2 Å². The van der Waals surface area contributed by atoms with Gasteiger partial charge >= 0.3 is 0 Å². The molecule has 1 heterocycles. The van der Waals surface area contributed by atoms with E-state index in [1.807, 2.05) is 6.07 Å². The van der Waals surface area contributed by atoms with Gasteiger partial charge in [0.2, 0.25) is 42.8 Å². The van der Waals surface area contributed by atoms with Gasteiger partial charge in [-0.05, 0) is 64.9 Å². The van der Waals surface area contributed by atoms with Gasteiger partial charge in [0.15, 0.2) is 5.78 Å². The Bertz CT molecular complexity index is 2490. The van der Waals surface area contributed by atoms with Crippen LogP contribution in [0.1, 0.15) is 42.9 Å². The number of hydrogen-bond acceptors (Lipinski definition) is 10. The Balaban J connectivity index is 1.42. The average Bonchev–Trinajstić information content (AvgIpc) is 3.79. The predicted molar refractivity (Wildman–Crippen MR) is 248 cm³/mol. The number of nitrogens with one attached hydrogen (secondary N) is 4. The molecule has 6 amide bonds. The number of rotatable bonds is 21. The maximum Gasteiger partial charge on any atom is 0.243 e. The van der Waals surface area contributed by atoms with Gasteiger partial charge in [0.1, 0.15) is 23.6 Å². The Morgan fingerprint density at radius 2 is 1.50 bits per heavy atom. The van der Waals surface area contributed by atoms with Crippen LogP contribution in [-0.4, -0.2) is 99.8 Å². The fraction of sp³-hybridized carbons (Fsp3) is 0.298. The zero-order chi connectivity index (χ0) is 48.0. The van der Waals surface area contributed by atoms with Crippen molar-refractivity contribution in [3.63, 3.8) is 0 Å². The van der Waals surface area contributed by atoms with Crippen LogP contribution in [0, 0.1) is 5.92 Å². The molecule has 0 radical (unpaired) electrons. The first-order chi connectivity index (χ1) is 31.4. The zero-order valence-corrected chi connectivity index (χ0v) is 37.8. The van der Waals surface area contributed by atoms with Gasteiger partial charge in [-0.25, -0.2) is 0 Å². The largest absolute Gasteiger partial charge is 0.508 e. The number of hydrogen-bond donors (Lipinski definition) is 8. The third kappa shape index (κ3) is 14.9. The van der Waals surface area contributed by atoms with Crippen LogP contribution in [0.5, 0.6) is 5.75 Å². The molecular weight excluding hydrogens is 889 g/mol. The van der Waals surface area contributed by atoms with Crippen molar-refractivity contribution in [3.8, 4) is 16.9 Å². The monoisotopic (exact) mass is 941 g/mol. The summed E-state index contributed by atoms with van der Waals surface area (Å²) in [7, 11) is -4.74. The number of carbonyl (C=O) groups is 7. The molecule has 1 fully saturated rings. The number of allylic oxidation sites excluding steroid dienone is 1. The van der Waals surface area contributed by atoms with Gasteiger partial charge in [-0.3, -0.25) is 38.1 Å². The molecule has 4 aromatic carbocycles. The van der Waals surface area contributed by atoms with E-state index in [2.05, 4.69) is 21.3 Å². The number of nitrogens with two attached hydrogens (primary N) is 2. The van der Waals surface area contributed by atoms with Crippen molar-refractivity contribution in [2.24, 2.45) is 17.4 Å². The van der Waals surface area contributed by atoms with Crippen LogP contribution < -0.4 is 32.7 Å². The number of phenolic OH excluding ortho intramolecular Hbond substituents is 1. The molecular formula is C47H53ClN7O10P. The number of primary amides is 1. The van der Waals surface area contributed by atoms with Gasteiger partial charge < -0.3 is 47.6 Å². The minimum absolute atomic E-state index is 0.0281. The van der Waals surface area contributed by atoms with E-state index in [-0.39, 0.29) is 30.2 Å². The molecule has 17 nitrogen and oxygen atoms in total. The van der Waals surface area contributed by atoms with Gasteiger partial charge in [0.05, 0.1) is 19.0 Å². The molecule has 0 aromatic heterocycles. The summed E-state index contributed by atoms with van der Waals surface area (Å²) >= 11 is 6.16. The second-order valence-electron chi connectivity index (χ2n) is 16.0. The van der Waals surface area contributed by atoms with E-state index in [4.69, 9.17) is 23.1 Å². The number of ketones is 1. The third-order valence-corrected chi connectivity index (χ3v) is 13.4. The average molecular weight is 942 g/mol. The lowest BCUT2D eigenvalue weighted by Gasteiger charge is -2.28. The number of phenols is 1. The smallest absolute Gasteiger partial charge is 0.243 e. The summed E-state index contributed by atoms with van der Waals surface area (Å²) in [5, 5.41) is 20.3. The minimum atomic E-state index is -4.74. The van der Waals surface area contributed by atoms with Crippen molar-refractivity contribution < 1.29 is 48.1 Å². The maximum atomic E-state index is 14.7. The number of likely N-dealkylation sites (tertiary alicyclic amines) is 1. The molecule has 0 spiro atoms. The molecule has 10 N–H and O–H groups in total. The van der Waals surface area contributed by atoms with Gasteiger partial charge in [-0.15, -0.1) is 0 Å². The Morgan fingerprint density at radius 3 is 2.15 bits per heavy atom. The first-order valence-corrected chi connectivity index (χ1v) is 23.4. The molecule has 0 saturated carbocycles. The lowest BCUT2D eigenvalue weighted by molar-refractivity contribution is -0.137. The van der Waals surface area contributed by atoms with E-state index >= 15 is 0 Å². The van der Waals surface area contributed by atoms with Gasteiger partial charge in [-0.2, -0.15) is 0 Å². The summed E-state index contributed by atoms with van der Waals surface area (Å²) < 4.78 is 14.7. The van der Waals surface area contributed by atoms with Crippen LogP contribution in [-0.2, 0) is 51.0 Å². The number of halogens is 1. The van der Waals surface area contributed by atoms with E-state index in [1.165, 1.54) is 36.1 Å². The van der Waals surface area contributed by atoms with Crippen molar-refractivity contribution in [2.75, 3.05) is 25.8 Å². The third-order valence-electron chi connectivity index (χ3n) is 10.9. The maximum absolute atomic E-state index is 14.7. The van der Waals surface area contributed by atoms with Crippen molar-refractivity contribution in [2.45, 2.75) is 56.9 Å². The fourth-order valence-corrected chi connectivity index (χ4v) is 9.71. The number of carbonyl (C=O) groups excluding carboxylic acids is 7. The van der Waals surface area contributed by atoms with Crippen LogP contribution in [0.15, 0.2) is 109 Å². The van der Waals surface area contributed by atoms with Crippen LogP contribution in [0.25, 0.3) is 16.8 Å². The highest BCUT2D eigenvalue weighted by molar-refractivity contribution is 7.58. The Labute approximate surface area is 386 Å². The second-order valence-corrected chi connectivity index (χ2v) is 18.9. The lowest BCUT2D eigenvalue weighted by Crippen LogP contribution is -2.52. The molecule has 66 heavy (non-hydrogen) atoms. The predicted octanol–water partition coefficient (Wildman–Crippen LogP) is 3.00. The highest BCUT2D eigenvalue weighted by Crippen LogP contribution is 2.48. The number of amides is 6. The molecule has 19 heteroatoms. The summed E-state index contributed by atoms with van der Waals surface area (Å²) in [6.45, 7) is 0.557. The summed E-state index contributed by atoms with van der Waals surface area (Å²) in [6, 6.07) is 26.1. The molecule has 1 aliphatic rings. The van der Waals surface area contributed by atoms with Gasteiger partial charge in [0.25, 0.3) is 0 Å². The number of nitrogens with zero attached hydrogens (tertiary/aromatic N) is 1. The summed E-state index contributed by atoms with van der Waals surface area (Å²) in [5.74, 6) is -8.30. The van der Waals surface area contributed by atoms with E-state index < -0.39 is 92.1 Å². The second kappa shape index (κ2) is 23.4. The quantitative estimate of drug-likeness (QED) is 0.0444. The standard InChI is InChI=1S/C47H53ClN7O10P/c1-29(56)55-20-6-11-41(55)47(63)52-27-43(60)54-44(22-30-7-3-2-4-8-30)66(64,65)28-35(45(61)53-40(46(62)51-26-42(50)59)21-31-12-18-37(57)19-13-31)24-38(58)25-39(49)33-16-14-32(15-17-33)34-9-5-10-36(48)23-34/h2-5,7-10,12-19,23,25,35,40-41,44,57H,6,11,20-22,24,26-28,49H2,1H3,(H2,50,59)(H,51,62)(H,52,63)(H,53,61)(H,54,60)(H,64,65)/t35?,40-,41-,44+/m0/s1. The molecule has 348 valence electrons. The molecule has 2 unspecified atom stereocenters. The first-order valence-electron chi connectivity index (χ1n) is 21.1. The Morgan fingerprint density at radius 1 is 0.818 bits per heavy atom. The van der Waals surface area contributed by atoms with Crippen molar-refractivity contribution in [3.05, 3.63) is 131 Å². The van der Waals surface area contributed by atoms with Crippen molar-refractivity contribution in [1.29, 1.82) is 0 Å². The number of aromatic hydroxyl groups is 1. The van der Waals surface area contributed by atoms with Crippen LogP contribution in [0.2, 0.25) is 5.02 Å². The first kappa shape index (κ1) is 50.2. The van der Waals surface area contributed by atoms with E-state index in [0.29, 0.717) is 41.1 Å². The molecule has 1 saturated heterocycles. The lowest BCUT2D eigenvalue weighted by atomic mass is 9.99. The summed E-state index contributed by atoms with van der Waals surface area (Å²) in [4.78, 5) is 105. The molecule has 0 bridgehead atoms. The van der Waals surface area contributed by atoms with E-state index in [1.54, 1.807) is 72.8 Å². The highest BCUT2D eigenvalue weighted by atomic mass is 35.5. The Hall–Kier alpha value is -6.81. The SMILES string of the molecule is CC(=O)N1CCC[C@H]1C(=O)NCC(=O)N[C@@H](Cc1ccccc1)P(=O)(O)CC(CC(=O)C=C(N)c1ccc(-c2cccc(Cl)c2)cc1)C(=O)N[C@@H](Cc1ccc(O)cc1)C(=O)NCC(N)=O. The normalized spacial score (nSPS) is 15.9. The van der Waals surface area contributed by atoms with Gasteiger partial charge in [-0.1, -0.05) is 90.5 Å². The highest BCUT2D eigenvalue weighted by Gasteiger charge is 2.39. The van der Waals surface area contributed by atoms with E-state index in [9.17, 15) is 48.1 Å². The molecule has 1 aliphatic heterocycles. The van der Waals surface area contributed by atoms with Crippen molar-refractivity contribution in [1.82, 2.24) is 26.2 Å².